The van der Waals surface area contributed by atoms with Crippen LogP contribution in [0.3, 0.4) is 0 Å². The van der Waals surface area contributed by atoms with E-state index in [1.807, 2.05) is 0 Å². The fourth-order valence-electron chi connectivity index (χ4n) is 1.83. The molecule has 0 aliphatic rings. The Morgan fingerprint density at radius 3 is 1.73 bits per heavy atom. The number of carbonyl (C=O) groups is 1. The first kappa shape index (κ1) is 24.3. The number of rotatable bonds is 14. The van der Waals surface area contributed by atoms with Gasteiger partial charge in [-0.1, -0.05) is 51.5 Å². The van der Waals surface area contributed by atoms with Crippen molar-refractivity contribution in [3.8, 4) is 0 Å². The zero-order valence-electron chi connectivity index (χ0n) is 13.4. The standard InChI is InChI=1S/C14H26O6S.Na/c1-2-14(15)19-12-10-8-6-4-3-5-7-9-11-13-20-21(16,17)18;/h2H,1,3-13H2,(H,16,17,18);/q;+1/p-1. The largest absolute Gasteiger partial charge is 1.00 e. The Labute approximate surface area is 155 Å². The predicted molar refractivity (Wildman–Crippen MR) is 78.4 cm³/mol. The second-order valence-electron chi connectivity index (χ2n) is 4.78. The predicted octanol–water partition coefficient (Wildman–Crippen LogP) is -0.293. The van der Waals surface area contributed by atoms with Gasteiger partial charge >= 0.3 is 35.5 Å². The molecule has 0 aliphatic heterocycles. The van der Waals surface area contributed by atoms with Crippen LogP contribution in [0.4, 0.5) is 0 Å². The van der Waals surface area contributed by atoms with E-state index < -0.39 is 10.4 Å². The molecule has 0 N–H and O–H groups in total. The number of esters is 1. The summed E-state index contributed by atoms with van der Waals surface area (Å²) in [5.41, 5.74) is 0. The molecule has 0 rings (SSSR count). The van der Waals surface area contributed by atoms with Crippen LogP contribution in [0.1, 0.15) is 57.8 Å². The van der Waals surface area contributed by atoms with Gasteiger partial charge in [-0.2, -0.15) is 0 Å². The summed E-state index contributed by atoms with van der Waals surface area (Å²) < 4.78 is 39.4. The van der Waals surface area contributed by atoms with E-state index in [-0.39, 0.29) is 42.1 Å². The van der Waals surface area contributed by atoms with Crippen molar-refractivity contribution in [3.63, 3.8) is 0 Å². The molecule has 0 atom stereocenters. The smallest absolute Gasteiger partial charge is 0.726 e. The van der Waals surface area contributed by atoms with Gasteiger partial charge in [-0.05, 0) is 12.8 Å². The van der Waals surface area contributed by atoms with Crippen molar-refractivity contribution < 1.29 is 56.2 Å². The molecule has 0 aromatic heterocycles. The molecule has 0 aliphatic carbocycles. The van der Waals surface area contributed by atoms with Crippen LogP contribution in [-0.2, 0) is 24.1 Å². The van der Waals surface area contributed by atoms with Crippen molar-refractivity contribution >= 4 is 16.4 Å². The van der Waals surface area contributed by atoms with E-state index in [1.165, 1.54) is 0 Å². The average molecular weight is 344 g/mol. The fourth-order valence-corrected chi connectivity index (χ4v) is 2.16. The zero-order chi connectivity index (χ0) is 16.0. The molecule has 0 bridgehead atoms. The average Bonchev–Trinajstić information content (AvgIpc) is 2.42. The molecule has 0 heterocycles. The minimum absolute atomic E-state index is 0. The second-order valence-corrected chi connectivity index (χ2v) is 5.84. The van der Waals surface area contributed by atoms with E-state index in [0.717, 1.165) is 57.4 Å². The van der Waals surface area contributed by atoms with E-state index in [4.69, 9.17) is 4.74 Å². The van der Waals surface area contributed by atoms with E-state index >= 15 is 0 Å². The van der Waals surface area contributed by atoms with Gasteiger partial charge in [-0.3, -0.25) is 4.18 Å². The number of ether oxygens (including phenoxy) is 1. The van der Waals surface area contributed by atoms with Gasteiger partial charge in [0, 0.05) is 6.08 Å². The Hall–Kier alpha value is 0.0800. The first-order valence-corrected chi connectivity index (χ1v) is 8.68. The van der Waals surface area contributed by atoms with Crippen LogP contribution in [0.2, 0.25) is 0 Å². The van der Waals surface area contributed by atoms with Crippen LogP contribution in [0, 0.1) is 0 Å². The number of hydrogen-bond acceptors (Lipinski definition) is 6. The molecule has 0 radical (unpaired) electrons. The van der Waals surface area contributed by atoms with Crippen molar-refractivity contribution in [1.82, 2.24) is 0 Å². The minimum atomic E-state index is -4.53. The Morgan fingerprint density at radius 2 is 1.32 bits per heavy atom. The van der Waals surface area contributed by atoms with Gasteiger partial charge in [0.25, 0.3) is 0 Å². The summed E-state index contributed by atoms with van der Waals surface area (Å²) in [6.45, 7) is 3.75. The Morgan fingerprint density at radius 1 is 0.909 bits per heavy atom. The maximum absolute atomic E-state index is 10.7. The van der Waals surface area contributed by atoms with Crippen molar-refractivity contribution in [1.29, 1.82) is 0 Å². The zero-order valence-corrected chi connectivity index (χ0v) is 16.2. The first-order chi connectivity index (χ1) is 9.95. The number of carbonyl (C=O) groups excluding carboxylic acids is 1. The summed E-state index contributed by atoms with van der Waals surface area (Å²) in [7, 11) is -4.53. The Balaban J connectivity index is 0. The molecule has 124 valence electrons. The molecule has 0 saturated heterocycles. The van der Waals surface area contributed by atoms with Gasteiger partial charge in [-0.15, -0.1) is 0 Å². The molecule has 0 amide bonds. The third-order valence-corrected chi connectivity index (χ3v) is 3.38. The molecular formula is C14H25NaO6S. The molecule has 0 fully saturated rings. The first-order valence-electron chi connectivity index (χ1n) is 7.35. The molecular weight excluding hydrogens is 319 g/mol. The molecule has 22 heavy (non-hydrogen) atoms. The summed E-state index contributed by atoms with van der Waals surface area (Å²) in [4.78, 5) is 10.7. The molecule has 0 spiro atoms. The van der Waals surface area contributed by atoms with E-state index in [9.17, 15) is 17.8 Å². The number of hydrogen-bond donors (Lipinski definition) is 0. The van der Waals surface area contributed by atoms with Gasteiger partial charge in [0.2, 0.25) is 10.4 Å². The monoisotopic (exact) mass is 344 g/mol. The van der Waals surface area contributed by atoms with Crippen molar-refractivity contribution in [2.24, 2.45) is 0 Å². The second kappa shape index (κ2) is 16.0. The summed E-state index contributed by atoms with van der Waals surface area (Å²) in [5, 5.41) is 0. The molecule has 0 aromatic rings. The van der Waals surface area contributed by atoms with Crippen molar-refractivity contribution in [3.05, 3.63) is 12.7 Å². The molecule has 0 unspecified atom stereocenters. The minimum Gasteiger partial charge on any atom is -0.726 e. The molecule has 0 aromatic carbocycles. The van der Waals surface area contributed by atoms with Crippen LogP contribution in [0.5, 0.6) is 0 Å². The molecule has 0 saturated carbocycles. The molecule has 8 heteroatoms. The maximum atomic E-state index is 10.7. The summed E-state index contributed by atoms with van der Waals surface area (Å²) in [6.07, 6.45) is 10.0. The Kier molecular flexibility index (Phi) is 17.6. The molecule has 6 nitrogen and oxygen atoms in total. The quantitative estimate of drug-likeness (QED) is 0.107. The number of unbranched alkanes of at least 4 members (excludes halogenated alkanes) is 8. The summed E-state index contributed by atoms with van der Waals surface area (Å²) in [5.74, 6) is -0.372. The van der Waals surface area contributed by atoms with Crippen LogP contribution < -0.4 is 29.6 Å². The van der Waals surface area contributed by atoms with Crippen LogP contribution in [0.25, 0.3) is 0 Å². The third kappa shape index (κ3) is 20.1. The Bertz CT molecular complexity index is 383. The van der Waals surface area contributed by atoms with Gasteiger partial charge in [0.05, 0.1) is 13.2 Å². The summed E-state index contributed by atoms with van der Waals surface area (Å²) >= 11 is 0. The van der Waals surface area contributed by atoms with E-state index in [1.54, 1.807) is 0 Å². The van der Waals surface area contributed by atoms with Crippen molar-refractivity contribution in [2.45, 2.75) is 57.8 Å². The van der Waals surface area contributed by atoms with Crippen molar-refractivity contribution in [2.75, 3.05) is 13.2 Å². The van der Waals surface area contributed by atoms with Gasteiger partial charge < -0.3 is 9.29 Å². The topological polar surface area (TPSA) is 92.7 Å². The van der Waals surface area contributed by atoms with Gasteiger partial charge in [-0.25, -0.2) is 13.2 Å². The van der Waals surface area contributed by atoms with Crippen LogP contribution in [-0.4, -0.2) is 32.2 Å². The van der Waals surface area contributed by atoms with Gasteiger partial charge in [0.15, 0.2) is 0 Å². The van der Waals surface area contributed by atoms with E-state index in [0.29, 0.717) is 13.0 Å². The van der Waals surface area contributed by atoms with E-state index in [2.05, 4.69) is 10.8 Å². The SMILES string of the molecule is C=CC(=O)OCCCCCCCCCCCOS(=O)(=O)[O-].[Na+]. The third-order valence-electron chi connectivity index (χ3n) is 2.93. The summed E-state index contributed by atoms with van der Waals surface area (Å²) in [6, 6.07) is 0. The van der Waals surface area contributed by atoms with Crippen LogP contribution in [0.15, 0.2) is 12.7 Å². The maximum Gasteiger partial charge on any atom is 1.00 e. The van der Waals surface area contributed by atoms with Gasteiger partial charge in [0.1, 0.15) is 0 Å². The van der Waals surface area contributed by atoms with Crippen LogP contribution >= 0.6 is 0 Å². The fraction of sp³-hybridized carbons (Fsp3) is 0.786. The normalized spacial score (nSPS) is 10.8.